The highest BCUT2D eigenvalue weighted by Gasteiger charge is 2.33. The number of ether oxygens (including phenoxy) is 2. The first-order valence-corrected chi connectivity index (χ1v) is 13.4. The van der Waals surface area contributed by atoms with Gasteiger partial charge >= 0.3 is 6.61 Å². The Morgan fingerprint density at radius 2 is 1.84 bits per heavy atom. The van der Waals surface area contributed by atoms with Crippen molar-refractivity contribution in [1.29, 1.82) is 0 Å². The topological polar surface area (TPSA) is 91.7 Å². The number of nitrogens with zero attached hydrogens (tertiary/aromatic N) is 3. The van der Waals surface area contributed by atoms with Crippen molar-refractivity contribution in [1.82, 2.24) is 4.90 Å². The Bertz CT molecular complexity index is 1210. The van der Waals surface area contributed by atoms with E-state index in [4.69, 9.17) is 4.74 Å². The molecule has 2 amide bonds. The van der Waals surface area contributed by atoms with Gasteiger partial charge in [-0.15, -0.1) is 0 Å². The molecule has 0 bridgehead atoms. The Morgan fingerprint density at radius 3 is 2.50 bits per heavy atom. The van der Waals surface area contributed by atoms with Gasteiger partial charge in [-0.2, -0.15) is 8.78 Å². The maximum atomic E-state index is 13.5. The minimum absolute atomic E-state index is 0.0220. The van der Waals surface area contributed by atoms with E-state index in [1.807, 2.05) is 4.90 Å². The highest BCUT2D eigenvalue weighted by molar-refractivity contribution is 8.14. The van der Waals surface area contributed by atoms with Crippen LogP contribution in [0.4, 0.5) is 14.5 Å². The predicted octanol–water partition coefficient (Wildman–Crippen LogP) is 5.27. The summed E-state index contributed by atoms with van der Waals surface area (Å²) in [5.41, 5.74) is 1.11. The molecule has 2 heterocycles. The molecule has 4 rings (SSSR count). The van der Waals surface area contributed by atoms with Crippen LogP contribution in [0.1, 0.15) is 38.2 Å². The van der Waals surface area contributed by atoms with E-state index in [-0.39, 0.29) is 34.6 Å². The summed E-state index contributed by atoms with van der Waals surface area (Å²) >= 11 is 1.15. The first-order valence-electron chi connectivity index (χ1n) is 12.4. The smallest absolute Gasteiger partial charge is 0.387 e. The minimum Gasteiger partial charge on any atom is -0.504 e. The maximum absolute atomic E-state index is 13.5. The Morgan fingerprint density at radius 1 is 1.13 bits per heavy atom. The van der Waals surface area contributed by atoms with E-state index in [0.29, 0.717) is 36.1 Å². The highest BCUT2D eigenvalue weighted by atomic mass is 32.2. The van der Waals surface area contributed by atoms with Crippen molar-refractivity contribution in [2.45, 2.75) is 39.2 Å². The van der Waals surface area contributed by atoms with Gasteiger partial charge < -0.3 is 19.5 Å². The van der Waals surface area contributed by atoms with Gasteiger partial charge in [0.1, 0.15) is 11.4 Å². The summed E-state index contributed by atoms with van der Waals surface area (Å²) in [6.07, 6.45) is 5.72. The largest absolute Gasteiger partial charge is 0.504 e. The van der Waals surface area contributed by atoms with E-state index in [1.165, 1.54) is 35.2 Å². The molecule has 0 unspecified atom stereocenters. The fourth-order valence-electron chi connectivity index (χ4n) is 4.18. The standard InChI is InChI=1S/C27H29F2N3O5S/c1-2-36-23-16-18(7-12-22(23)33)15-21-25(35)32(19-8-10-20(11-9-19)37-26(28)29)27(30-21)38-17-24(34)31-13-5-3-4-6-14-31/h7-12,15-16,26,33H,2-6,13-14,17H2,1H3. The number of carbonyl (C=O) groups excluding carboxylic acids is 2. The third kappa shape index (κ3) is 6.83. The number of rotatable bonds is 8. The summed E-state index contributed by atoms with van der Waals surface area (Å²) in [6, 6.07) is 10.4. The van der Waals surface area contributed by atoms with E-state index in [2.05, 4.69) is 9.73 Å². The summed E-state index contributed by atoms with van der Waals surface area (Å²) in [4.78, 5) is 34.1. The van der Waals surface area contributed by atoms with Gasteiger partial charge in [-0.25, -0.2) is 4.99 Å². The van der Waals surface area contributed by atoms with Gasteiger partial charge in [0.05, 0.1) is 18.0 Å². The van der Waals surface area contributed by atoms with Crippen LogP contribution in [0.2, 0.25) is 0 Å². The molecule has 2 aliphatic heterocycles. The molecule has 2 aromatic carbocycles. The molecule has 1 fully saturated rings. The number of phenolic OH excluding ortho intramolecular Hbond substituents is 1. The van der Waals surface area contributed by atoms with Crippen LogP contribution in [0.3, 0.4) is 0 Å². The number of halogens is 2. The number of benzene rings is 2. The monoisotopic (exact) mass is 545 g/mol. The van der Waals surface area contributed by atoms with E-state index in [1.54, 1.807) is 25.1 Å². The molecule has 202 valence electrons. The number of thioether (sulfide) groups is 1. The van der Waals surface area contributed by atoms with Gasteiger partial charge in [0.15, 0.2) is 16.7 Å². The van der Waals surface area contributed by atoms with Crippen molar-refractivity contribution in [2.75, 3.05) is 30.3 Å². The fraction of sp³-hybridized carbons (Fsp3) is 0.370. The van der Waals surface area contributed by atoms with Crippen LogP contribution in [-0.4, -0.2) is 59.0 Å². The Balaban J connectivity index is 1.60. The number of anilines is 1. The van der Waals surface area contributed by atoms with Crippen LogP contribution in [0.25, 0.3) is 6.08 Å². The Hall–Kier alpha value is -3.60. The van der Waals surface area contributed by atoms with E-state index < -0.39 is 12.5 Å². The minimum atomic E-state index is -2.96. The van der Waals surface area contributed by atoms with Crippen LogP contribution in [-0.2, 0) is 9.59 Å². The maximum Gasteiger partial charge on any atom is 0.387 e. The predicted molar refractivity (Wildman–Crippen MR) is 143 cm³/mol. The quantitative estimate of drug-likeness (QED) is 0.455. The second-order valence-corrected chi connectivity index (χ2v) is 9.62. The molecule has 0 aliphatic carbocycles. The number of likely N-dealkylation sites (tertiary alicyclic amines) is 1. The fourth-order valence-corrected chi connectivity index (χ4v) is 5.10. The van der Waals surface area contributed by atoms with E-state index >= 15 is 0 Å². The molecule has 2 aromatic rings. The molecule has 11 heteroatoms. The number of amidine groups is 1. The third-order valence-electron chi connectivity index (χ3n) is 6.02. The number of aliphatic imine (C=N–C) groups is 1. The zero-order valence-corrected chi connectivity index (χ0v) is 21.8. The van der Waals surface area contributed by atoms with Gasteiger partial charge in [-0.05, 0) is 67.8 Å². The lowest BCUT2D eigenvalue weighted by molar-refractivity contribution is -0.128. The number of hydrogen-bond acceptors (Lipinski definition) is 7. The van der Waals surface area contributed by atoms with Gasteiger partial charge in [-0.1, -0.05) is 30.7 Å². The summed E-state index contributed by atoms with van der Waals surface area (Å²) in [7, 11) is 0. The zero-order chi connectivity index (χ0) is 27.1. The van der Waals surface area contributed by atoms with Crippen LogP contribution < -0.4 is 14.4 Å². The van der Waals surface area contributed by atoms with Crippen molar-refractivity contribution in [3.8, 4) is 17.2 Å². The van der Waals surface area contributed by atoms with Crippen LogP contribution in [0, 0.1) is 0 Å². The average molecular weight is 546 g/mol. The second-order valence-electron chi connectivity index (χ2n) is 8.68. The number of carbonyl (C=O) groups is 2. The van der Waals surface area contributed by atoms with Crippen molar-refractivity contribution in [2.24, 2.45) is 4.99 Å². The van der Waals surface area contributed by atoms with Crippen LogP contribution in [0.15, 0.2) is 53.2 Å². The molecule has 1 N–H and O–H groups in total. The molecule has 2 aliphatic rings. The van der Waals surface area contributed by atoms with Gasteiger partial charge in [0, 0.05) is 13.1 Å². The molecule has 1 saturated heterocycles. The number of hydrogen-bond donors (Lipinski definition) is 1. The summed E-state index contributed by atoms with van der Waals surface area (Å²) < 4.78 is 35.0. The third-order valence-corrected chi connectivity index (χ3v) is 6.94. The molecular weight excluding hydrogens is 516 g/mol. The van der Waals surface area contributed by atoms with Crippen molar-refractivity contribution >= 4 is 40.5 Å². The van der Waals surface area contributed by atoms with Gasteiger partial charge in [-0.3, -0.25) is 14.5 Å². The van der Waals surface area contributed by atoms with Crippen molar-refractivity contribution in [3.05, 3.63) is 53.7 Å². The first-order chi connectivity index (χ1) is 18.4. The van der Waals surface area contributed by atoms with Gasteiger partial charge in [0.25, 0.3) is 5.91 Å². The number of phenols is 1. The lowest BCUT2D eigenvalue weighted by Gasteiger charge is -2.21. The van der Waals surface area contributed by atoms with Crippen molar-refractivity contribution < 1.29 is 33.0 Å². The SMILES string of the molecule is CCOc1cc(C=C2N=C(SCC(=O)N3CCCCCC3)N(c3ccc(OC(F)F)cc3)C2=O)ccc1O. The number of alkyl halides is 2. The lowest BCUT2D eigenvalue weighted by atomic mass is 10.1. The van der Waals surface area contributed by atoms with E-state index in [9.17, 15) is 23.5 Å². The van der Waals surface area contributed by atoms with Gasteiger partial charge in [0.2, 0.25) is 5.91 Å². The van der Waals surface area contributed by atoms with E-state index in [0.717, 1.165) is 37.4 Å². The molecule has 38 heavy (non-hydrogen) atoms. The Kier molecular flexibility index (Phi) is 9.22. The van der Waals surface area contributed by atoms with Crippen LogP contribution in [0.5, 0.6) is 17.2 Å². The normalized spacial score (nSPS) is 17.1. The molecule has 0 saturated carbocycles. The summed E-state index contributed by atoms with van der Waals surface area (Å²) in [6.45, 7) is 0.618. The Labute approximate surface area is 223 Å². The average Bonchev–Trinajstić information content (AvgIpc) is 3.05. The summed E-state index contributed by atoms with van der Waals surface area (Å²) in [5, 5.41) is 10.3. The second kappa shape index (κ2) is 12.8. The molecule has 0 radical (unpaired) electrons. The molecule has 8 nitrogen and oxygen atoms in total. The van der Waals surface area contributed by atoms with Crippen molar-refractivity contribution in [3.63, 3.8) is 0 Å². The molecular formula is C27H29F2N3O5S. The van der Waals surface area contributed by atoms with Crippen LogP contribution >= 0.6 is 11.8 Å². The lowest BCUT2D eigenvalue weighted by Crippen LogP contribution is -2.35. The zero-order valence-electron chi connectivity index (χ0n) is 20.9. The highest BCUT2D eigenvalue weighted by Crippen LogP contribution is 2.33. The number of aromatic hydroxyl groups is 1. The molecule has 0 spiro atoms. The molecule has 0 atom stereocenters. The summed E-state index contributed by atoms with van der Waals surface area (Å²) in [5.74, 6) is -0.142. The number of amides is 2. The first kappa shape index (κ1) is 27.4. The molecule has 0 aromatic heterocycles.